The standard InChI is InChI=1S/C24H22N4O4/c1-15(8-16-2-4-18-20(9-16)31-13-29-18)23-24(28-7-6-25-12-22(28)27-23)26-11-17-3-5-19-21(10-17)32-14-30-19/h2-7,9-10,12,15,26H,8,11,13-14H2,1H3/t15-/m0/s1. The fourth-order valence-electron chi connectivity index (χ4n) is 4.20. The summed E-state index contributed by atoms with van der Waals surface area (Å²) in [4.78, 5) is 9.12. The number of ether oxygens (including phenoxy) is 4. The van der Waals surface area contributed by atoms with E-state index < -0.39 is 0 Å². The summed E-state index contributed by atoms with van der Waals surface area (Å²) in [6, 6.07) is 12.1. The van der Waals surface area contributed by atoms with Gasteiger partial charge in [0, 0.05) is 24.9 Å². The molecule has 4 aromatic rings. The molecule has 1 atom stereocenters. The van der Waals surface area contributed by atoms with Gasteiger partial charge in [-0.05, 0) is 41.8 Å². The summed E-state index contributed by atoms with van der Waals surface area (Å²) in [7, 11) is 0. The van der Waals surface area contributed by atoms with Crippen molar-refractivity contribution >= 4 is 11.5 Å². The lowest BCUT2D eigenvalue weighted by atomic mass is 9.97. The first-order chi connectivity index (χ1) is 15.7. The normalized spacial score (nSPS) is 14.7. The van der Waals surface area contributed by atoms with Gasteiger partial charge in [-0.15, -0.1) is 0 Å². The second-order valence-corrected chi connectivity index (χ2v) is 7.98. The van der Waals surface area contributed by atoms with Crippen LogP contribution in [0, 0.1) is 0 Å². The molecule has 162 valence electrons. The molecule has 0 bridgehead atoms. The van der Waals surface area contributed by atoms with Crippen molar-refractivity contribution in [1.82, 2.24) is 14.4 Å². The molecule has 8 heteroatoms. The summed E-state index contributed by atoms with van der Waals surface area (Å²) in [6.07, 6.45) is 6.31. The van der Waals surface area contributed by atoms with Crippen LogP contribution in [0.2, 0.25) is 0 Å². The number of benzene rings is 2. The van der Waals surface area contributed by atoms with Crippen LogP contribution >= 0.6 is 0 Å². The van der Waals surface area contributed by atoms with Crippen molar-refractivity contribution in [3.05, 3.63) is 71.8 Å². The first kappa shape index (κ1) is 18.8. The van der Waals surface area contributed by atoms with E-state index in [1.54, 1.807) is 12.4 Å². The van der Waals surface area contributed by atoms with Gasteiger partial charge in [0.1, 0.15) is 5.82 Å². The Balaban J connectivity index is 1.28. The minimum absolute atomic E-state index is 0.175. The first-order valence-electron chi connectivity index (χ1n) is 10.6. The quantitative estimate of drug-likeness (QED) is 0.492. The molecule has 0 unspecified atom stereocenters. The van der Waals surface area contributed by atoms with Gasteiger partial charge in [-0.3, -0.25) is 9.38 Å². The van der Waals surface area contributed by atoms with Crippen LogP contribution in [-0.2, 0) is 13.0 Å². The third-order valence-electron chi connectivity index (χ3n) is 5.80. The van der Waals surface area contributed by atoms with Crippen molar-refractivity contribution in [3.8, 4) is 23.0 Å². The van der Waals surface area contributed by atoms with Gasteiger partial charge in [0.05, 0.1) is 11.9 Å². The van der Waals surface area contributed by atoms with E-state index in [2.05, 4.69) is 29.4 Å². The van der Waals surface area contributed by atoms with Gasteiger partial charge in [0.25, 0.3) is 0 Å². The molecule has 0 saturated heterocycles. The number of nitrogens with one attached hydrogen (secondary N) is 1. The molecule has 8 nitrogen and oxygen atoms in total. The van der Waals surface area contributed by atoms with Crippen molar-refractivity contribution < 1.29 is 18.9 Å². The number of fused-ring (bicyclic) bond motifs is 3. The van der Waals surface area contributed by atoms with E-state index in [0.29, 0.717) is 6.54 Å². The van der Waals surface area contributed by atoms with Crippen molar-refractivity contribution in [3.63, 3.8) is 0 Å². The largest absolute Gasteiger partial charge is 0.454 e. The summed E-state index contributed by atoms with van der Waals surface area (Å²) in [5.74, 6) is 4.31. The predicted molar refractivity (Wildman–Crippen MR) is 118 cm³/mol. The van der Waals surface area contributed by atoms with Crippen LogP contribution in [0.25, 0.3) is 5.65 Å². The Morgan fingerprint density at radius 2 is 1.62 bits per heavy atom. The van der Waals surface area contributed by atoms with Crippen LogP contribution in [-0.4, -0.2) is 28.0 Å². The summed E-state index contributed by atoms with van der Waals surface area (Å²) >= 11 is 0. The van der Waals surface area contributed by atoms with Crippen molar-refractivity contribution in [1.29, 1.82) is 0 Å². The zero-order valence-corrected chi connectivity index (χ0v) is 17.6. The Bertz CT molecular complexity index is 1300. The molecule has 0 fully saturated rings. The number of hydrogen-bond acceptors (Lipinski definition) is 7. The van der Waals surface area contributed by atoms with Gasteiger partial charge < -0.3 is 24.3 Å². The van der Waals surface area contributed by atoms with Crippen LogP contribution in [0.15, 0.2) is 55.0 Å². The van der Waals surface area contributed by atoms with Crippen LogP contribution in [0.4, 0.5) is 5.82 Å². The van der Waals surface area contributed by atoms with Crippen LogP contribution in [0.3, 0.4) is 0 Å². The van der Waals surface area contributed by atoms with E-state index in [1.807, 2.05) is 34.9 Å². The van der Waals surface area contributed by atoms with Crippen LogP contribution < -0.4 is 24.3 Å². The number of imidazole rings is 1. The molecule has 2 aliphatic rings. The molecule has 2 aromatic carbocycles. The summed E-state index contributed by atoms with van der Waals surface area (Å²) in [5.41, 5.74) is 4.09. The maximum atomic E-state index is 5.54. The topological polar surface area (TPSA) is 79.1 Å². The van der Waals surface area contributed by atoms with Gasteiger partial charge in [0.15, 0.2) is 28.6 Å². The van der Waals surface area contributed by atoms with Crippen molar-refractivity contribution in [2.45, 2.75) is 25.8 Å². The van der Waals surface area contributed by atoms with Gasteiger partial charge in [-0.1, -0.05) is 19.1 Å². The maximum Gasteiger partial charge on any atom is 0.231 e. The molecular formula is C24H22N4O4. The van der Waals surface area contributed by atoms with Gasteiger partial charge in [-0.25, -0.2) is 4.98 Å². The van der Waals surface area contributed by atoms with Crippen LogP contribution in [0.5, 0.6) is 23.0 Å². The van der Waals surface area contributed by atoms with E-state index >= 15 is 0 Å². The summed E-state index contributed by atoms with van der Waals surface area (Å²) in [6.45, 7) is 3.37. The average molecular weight is 430 g/mol. The fourth-order valence-corrected chi connectivity index (χ4v) is 4.20. The minimum Gasteiger partial charge on any atom is -0.454 e. The van der Waals surface area contributed by atoms with E-state index in [-0.39, 0.29) is 19.5 Å². The van der Waals surface area contributed by atoms with Crippen LogP contribution in [0.1, 0.15) is 29.7 Å². The Hall–Kier alpha value is -3.94. The highest BCUT2D eigenvalue weighted by molar-refractivity contribution is 5.56. The molecule has 0 spiro atoms. The lowest BCUT2D eigenvalue weighted by Crippen LogP contribution is -2.07. The molecule has 4 heterocycles. The smallest absolute Gasteiger partial charge is 0.231 e. The van der Waals surface area contributed by atoms with E-state index in [9.17, 15) is 0 Å². The highest BCUT2D eigenvalue weighted by Gasteiger charge is 2.21. The zero-order valence-electron chi connectivity index (χ0n) is 17.6. The maximum absolute atomic E-state index is 5.54. The van der Waals surface area contributed by atoms with E-state index in [1.165, 1.54) is 5.56 Å². The highest BCUT2D eigenvalue weighted by Crippen LogP contribution is 2.36. The Labute approximate surface area is 184 Å². The van der Waals surface area contributed by atoms with Crippen molar-refractivity contribution in [2.75, 3.05) is 18.9 Å². The number of rotatable bonds is 6. The SMILES string of the molecule is C[C@@H](Cc1ccc2c(c1)OCO2)c1nc2cnccn2c1NCc1ccc2c(c1)OCO2. The number of nitrogens with zero attached hydrogens (tertiary/aromatic N) is 3. The van der Waals surface area contributed by atoms with E-state index in [0.717, 1.165) is 52.1 Å². The minimum atomic E-state index is 0.175. The lowest BCUT2D eigenvalue weighted by molar-refractivity contribution is 0.173. The molecule has 6 rings (SSSR count). The summed E-state index contributed by atoms with van der Waals surface area (Å²) in [5, 5.41) is 3.58. The third kappa shape index (κ3) is 3.33. The second kappa shape index (κ2) is 7.64. The fraction of sp³-hybridized carbons (Fsp3) is 0.250. The second-order valence-electron chi connectivity index (χ2n) is 7.98. The van der Waals surface area contributed by atoms with Gasteiger partial charge >= 0.3 is 0 Å². The number of hydrogen-bond donors (Lipinski definition) is 1. The third-order valence-corrected chi connectivity index (χ3v) is 5.80. The highest BCUT2D eigenvalue weighted by atomic mass is 16.7. The summed E-state index contributed by atoms with van der Waals surface area (Å²) < 4.78 is 23.9. The predicted octanol–water partition coefficient (Wildman–Crippen LogP) is 4.15. The molecule has 0 radical (unpaired) electrons. The Kier molecular flexibility index (Phi) is 4.49. The van der Waals surface area contributed by atoms with E-state index in [4.69, 9.17) is 23.9 Å². The molecule has 0 saturated carbocycles. The number of anilines is 1. The molecular weight excluding hydrogens is 408 g/mol. The average Bonchev–Trinajstić information content (AvgIpc) is 3.54. The monoisotopic (exact) mass is 430 g/mol. The molecule has 1 N–H and O–H groups in total. The molecule has 0 amide bonds. The van der Waals surface area contributed by atoms with Gasteiger partial charge in [0.2, 0.25) is 13.6 Å². The molecule has 2 aromatic heterocycles. The molecule has 2 aliphatic heterocycles. The first-order valence-corrected chi connectivity index (χ1v) is 10.6. The molecule has 32 heavy (non-hydrogen) atoms. The Morgan fingerprint density at radius 1 is 0.938 bits per heavy atom. The zero-order chi connectivity index (χ0) is 21.5. The lowest BCUT2D eigenvalue weighted by Gasteiger charge is -2.14. The van der Waals surface area contributed by atoms with Crippen molar-refractivity contribution in [2.24, 2.45) is 0 Å². The number of aromatic nitrogens is 3. The van der Waals surface area contributed by atoms with Gasteiger partial charge in [-0.2, -0.15) is 0 Å². The Morgan fingerprint density at radius 3 is 2.41 bits per heavy atom. The molecule has 0 aliphatic carbocycles.